The van der Waals surface area contributed by atoms with Crippen molar-refractivity contribution in [2.45, 2.75) is 104 Å². The fourth-order valence-corrected chi connectivity index (χ4v) is 3.01. The Bertz CT molecular complexity index is 224. The molecule has 0 aromatic rings. The van der Waals surface area contributed by atoms with Crippen LogP contribution in [-0.2, 0) is 0 Å². The van der Waals surface area contributed by atoms with E-state index in [9.17, 15) is 0 Å². The number of allylic oxidation sites excluding steroid dienone is 1. The maximum absolute atomic E-state index is 2.40. The highest BCUT2D eigenvalue weighted by Gasteiger charge is 1.97. The van der Waals surface area contributed by atoms with Crippen molar-refractivity contribution in [2.75, 3.05) is 19.6 Å². The van der Waals surface area contributed by atoms with Gasteiger partial charge in [-0.1, -0.05) is 83.6 Å². The van der Waals surface area contributed by atoms with Gasteiger partial charge in [0.25, 0.3) is 0 Å². The summed E-state index contributed by atoms with van der Waals surface area (Å²) in [5.41, 5.74) is 0. The van der Waals surface area contributed by atoms with Gasteiger partial charge in [-0.05, 0) is 32.8 Å². The third-order valence-electron chi connectivity index (χ3n) is 4.80. The minimum atomic E-state index is 0. The van der Waals surface area contributed by atoms with Crippen LogP contribution in [0.1, 0.15) is 104 Å². The highest BCUT2D eigenvalue weighted by atomic mass is 79.9. The third-order valence-corrected chi connectivity index (χ3v) is 4.80. The van der Waals surface area contributed by atoms with Crippen molar-refractivity contribution >= 4 is 0 Å². The Morgan fingerprint density at radius 2 is 1.00 bits per heavy atom. The summed E-state index contributed by atoms with van der Waals surface area (Å²) in [6.07, 6.45) is 23.4. The summed E-state index contributed by atoms with van der Waals surface area (Å²) >= 11 is 0. The highest BCUT2D eigenvalue weighted by Crippen LogP contribution is 2.12. The molecule has 0 bridgehead atoms. The number of quaternary nitrogens is 1. The molecule has 0 radical (unpaired) electrons. The zero-order valence-electron chi connectivity index (χ0n) is 16.3. The summed E-state index contributed by atoms with van der Waals surface area (Å²) in [6, 6.07) is 0. The van der Waals surface area contributed by atoms with Crippen molar-refractivity contribution in [1.82, 2.24) is 0 Å². The van der Waals surface area contributed by atoms with Crippen LogP contribution in [0.25, 0.3) is 0 Å². The van der Waals surface area contributed by atoms with Crippen LogP contribution >= 0.6 is 0 Å². The van der Waals surface area contributed by atoms with E-state index in [0.29, 0.717) is 0 Å². The molecule has 0 aliphatic heterocycles. The molecular weight excluding hydrogens is 346 g/mol. The number of halogens is 1. The number of likely N-dealkylation sites (N-methyl/N-ethyl adjacent to an activating group) is 1. The van der Waals surface area contributed by atoms with E-state index in [-0.39, 0.29) is 17.0 Å². The van der Waals surface area contributed by atoms with Crippen LogP contribution in [0.3, 0.4) is 0 Å². The highest BCUT2D eigenvalue weighted by molar-refractivity contribution is 4.80. The first-order valence-electron chi connectivity index (χ1n) is 10.3. The molecule has 0 aromatic carbocycles. The second kappa shape index (κ2) is 22.2. The average molecular weight is 390 g/mol. The van der Waals surface area contributed by atoms with Crippen molar-refractivity contribution in [3.8, 4) is 0 Å². The SMILES string of the molecule is CCCCCCCCCCCCCCC=CC[NH+](CC)CC.[Br-]. The first-order chi connectivity index (χ1) is 10.8. The van der Waals surface area contributed by atoms with Gasteiger partial charge in [0.15, 0.2) is 0 Å². The summed E-state index contributed by atoms with van der Waals surface area (Å²) in [7, 11) is 0. The van der Waals surface area contributed by atoms with Gasteiger partial charge in [0.05, 0.1) is 19.6 Å². The van der Waals surface area contributed by atoms with Gasteiger partial charge >= 0.3 is 0 Å². The van der Waals surface area contributed by atoms with Crippen LogP contribution < -0.4 is 21.9 Å². The maximum atomic E-state index is 2.40. The van der Waals surface area contributed by atoms with Gasteiger partial charge in [-0.3, -0.25) is 0 Å². The van der Waals surface area contributed by atoms with Crippen LogP contribution in [-0.4, -0.2) is 19.6 Å². The Labute approximate surface area is 158 Å². The molecule has 2 heteroatoms. The van der Waals surface area contributed by atoms with E-state index >= 15 is 0 Å². The van der Waals surface area contributed by atoms with Gasteiger partial charge < -0.3 is 21.9 Å². The van der Waals surface area contributed by atoms with E-state index in [4.69, 9.17) is 0 Å². The zero-order valence-corrected chi connectivity index (χ0v) is 17.9. The largest absolute Gasteiger partial charge is 1.00 e. The molecule has 0 saturated carbocycles. The third kappa shape index (κ3) is 20.1. The average Bonchev–Trinajstić information content (AvgIpc) is 2.55. The molecule has 0 amide bonds. The van der Waals surface area contributed by atoms with Crippen LogP contribution in [0.2, 0.25) is 0 Å². The van der Waals surface area contributed by atoms with Gasteiger partial charge in [-0.25, -0.2) is 0 Å². The lowest BCUT2D eigenvalue weighted by Crippen LogP contribution is -3.11. The number of hydrogen-bond donors (Lipinski definition) is 1. The second-order valence-corrected chi connectivity index (χ2v) is 6.81. The van der Waals surface area contributed by atoms with Crippen LogP contribution in [0.15, 0.2) is 12.2 Å². The van der Waals surface area contributed by atoms with Gasteiger partial charge in [-0.15, -0.1) is 0 Å². The molecule has 0 unspecified atom stereocenters. The van der Waals surface area contributed by atoms with Gasteiger partial charge in [0.1, 0.15) is 0 Å². The smallest absolute Gasteiger partial charge is 0.0957 e. The molecule has 0 heterocycles. The quantitative estimate of drug-likeness (QED) is 0.288. The Morgan fingerprint density at radius 1 is 0.565 bits per heavy atom. The number of nitrogens with one attached hydrogen (secondary N) is 1. The second-order valence-electron chi connectivity index (χ2n) is 6.81. The summed E-state index contributed by atoms with van der Waals surface area (Å²) in [5.74, 6) is 0. The lowest BCUT2D eigenvalue weighted by molar-refractivity contribution is -0.890. The summed E-state index contributed by atoms with van der Waals surface area (Å²) in [5, 5.41) is 0. The van der Waals surface area contributed by atoms with E-state index < -0.39 is 0 Å². The van der Waals surface area contributed by atoms with Crippen LogP contribution in [0, 0.1) is 0 Å². The minimum absolute atomic E-state index is 0. The minimum Gasteiger partial charge on any atom is -1.00 e. The number of unbranched alkanes of at least 4 members (excludes halogenated alkanes) is 12. The molecule has 23 heavy (non-hydrogen) atoms. The monoisotopic (exact) mass is 389 g/mol. The van der Waals surface area contributed by atoms with Crippen molar-refractivity contribution in [3.05, 3.63) is 12.2 Å². The van der Waals surface area contributed by atoms with Crippen LogP contribution in [0.4, 0.5) is 0 Å². The number of rotatable bonds is 17. The summed E-state index contributed by atoms with van der Waals surface area (Å²) in [6.45, 7) is 10.6. The van der Waals surface area contributed by atoms with Crippen molar-refractivity contribution in [1.29, 1.82) is 0 Å². The molecular formula is C21H44BrN. The van der Waals surface area contributed by atoms with Crippen molar-refractivity contribution in [3.63, 3.8) is 0 Å². The molecule has 140 valence electrons. The summed E-state index contributed by atoms with van der Waals surface area (Å²) < 4.78 is 0. The van der Waals surface area contributed by atoms with E-state index in [1.54, 1.807) is 4.90 Å². The topological polar surface area (TPSA) is 4.44 Å². The van der Waals surface area contributed by atoms with E-state index in [1.807, 2.05) is 0 Å². The van der Waals surface area contributed by atoms with E-state index in [2.05, 4.69) is 32.9 Å². The normalized spacial score (nSPS) is 11.3. The Kier molecular flexibility index (Phi) is 24.5. The maximum Gasteiger partial charge on any atom is 0.0957 e. The molecule has 0 atom stereocenters. The first-order valence-corrected chi connectivity index (χ1v) is 10.3. The molecule has 0 fully saturated rings. The van der Waals surface area contributed by atoms with Gasteiger partial charge in [0.2, 0.25) is 0 Å². The standard InChI is InChI=1S/C21H43N.BrH/c1-4-7-8-9-10-11-12-13-14-15-16-17-18-19-20-21-22(5-2)6-3;/h19-20H,4-18,21H2,1-3H3;1H. The molecule has 1 N–H and O–H groups in total. The Hall–Kier alpha value is 0.180. The zero-order chi connectivity index (χ0) is 16.3. The van der Waals surface area contributed by atoms with E-state index in [1.165, 1.54) is 103 Å². The van der Waals surface area contributed by atoms with Crippen molar-refractivity contribution in [2.24, 2.45) is 0 Å². The van der Waals surface area contributed by atoms with Gasteiger partial charge in [0, 0.05) is 0 Å². The lowest BCUT2D eigenvalue weighted by Gasteiger charge is -2.12. The Balaban J connectivity index is 0. The fourth-order valence-electron chi connectivity index (χ4n) is 3.01. The molecule has 0 saturated heterocycles. The first kappa shape index (κ1) is 25.4. The van der Waals surface area contributed by atoms with E-state index in [0.717, 1.165) is 0 Å². The molecule has 1 nitrogen and oxygen atoms in total. The predicted molar refractivity (Wildman–Crippen MR) is 102 cm³/mol. The predicted octanol–water partition coefficient (Wildman–Crippen LogP) is 2.56. The molecule has 0 rings (SSSR count). The molecule has 0 aliphatic carbocycles. The Morgan fingerprint density at radius 3 is 1.43 bits per heavy atom. The molecule has 0 spiro atoms. The number of hydrogen-bond acceptors (Lipinski definition) is 0. The van der Waals surface area contributed by atoms with Gasteiger partial charge in [-0.2, -0.15) is 0 Å². The van der Waals surface area contributed by atoms with Crippen molar-refractivity contribution < 1.29 is 21.9 Å². The lowest BCUT2D eigenvalue weighted by atomic mass is 10.0. The molecule has 0 aromatic heterocycles. The molecule has 0 aliphatic rings. The fraction of sp³-hybridized carbons (Fsp3) is 0.905. The van der Waals surface area contributed by atoms with Crippen LogP contribution in [0.5, 0.6) is 0 Å². The summed E-state index contributed by atoms with van der Waals surface area (Å²) in [4.78, 5) is 1.69.